The number of fused-ring (bicyclic) bond motifs is 1. The van der Waals surface area contributed by atoms with Gasteiger partial charge in [-0.1, -0.05) is 63.3 Å². The molecule has 0 aromatic heterocycles. The molecule has 0 fully saturated rings. The summed E-state index contributed by atoms with van der Waals surface area (Å²) in [6.45, 7) is 0. The van der Waals surface area contributed by atoms with Gasteiger partial charge in [0.2, 0.25) is 0 Å². The van der Waals surface area contributed by atoms with Crippen molar-refractivity contribution < 1.29 is 25.5 Å². The van der Waals surface area contributed by atoms with Crippen molar-refractivity contribution in [2.45, 2.75) is 9.79 Å². The average molecular weight is 364 g/mol. The third kappa shape index (κ3) is 3.31. The second-order valence-corrected chi connectivity index (χ2v) is 7.83. The lowest BCUT2D eigenvalue weighted by Gasteiger charge is -2.08. The van der Waals surface area contributed by atoms with Gasteiger partial charge in [0.15, 0.2) is 0 Å². The van der Waals surface area contributed by atoms with E-state index in [1.54, 1.807) is 36.4 Å². The van der Waals surface area contributed by atoms with Crippen molar-refractivity contribution in [2.75, 3.05) is 0 Å². The molecule has 8 heteroatoms. The highest BCUT2D eigenvalue weighted by atomic mass is 32.2. The van der Waals surface area contributed by atoms with Crippen molar-refractivity contribution in [1.82, 2.24) is 0 Å². The molecule has 0 atom stereocenters. The molecule has 0 bridgehead atoms. The van der Waals surface area contributed by atoms with E-state index in [4.69, 9.17) is 0 Å². The van der Waals surface area contributed by atoms with Crippen LogP contribution in [0.5, 0.6) is 0 Å². The lowest BCUT2D eigenvalue weighted by molar-refractivity contribution is -0.0850. The van der Waals surface area contributed by atoms with Gasteiger partial charge >= 0.3 is 20.2 Å². The van der Waals surface area contributed by atoms with Crippen LogP contribution in [0.25, 0.3) is 10.8 Å². The number of hydrogen-bond acceptors (Lipinski definition) is 6. The maximum absolute atomic E-state index is 12.3. The van der Waals surface area contributed by atoms with Crippen LogP contribution in [0.1, 0.15) is 0 Å². The summed E-state index contributed by atoms with van der Waals surface area (Å²) >= 11 is 0. The van der Waals surface area contributed by atoms with Gasteiger partial charge in [-0.25, -0.2) is 0 Å². The molecule has 3 aromatic carbocycles. The van der Waals surface area contributed by atoms with Gasteiger partial charge in [0.1, 0.15) is 4.90 Å². The first-order chi connectivity index (χ1) is 11.4. The molecule has 124 valence electrons. The van der Waals surface area contributed by atoms with Gasteiger partial charge in [-0.05, 0) is 23.6 Å². The van der Waals surface area contributed by atoms with Gasteiger partial charge in [0.25, 0.3) is 0 Å². The fraction of sp³-hybridized carbons (Fsp3) is 0. The van der Waals surface area contributed by atoms with Gasteiger partial charge in [-0.2, -0.15) is 16.8 Å². The SMILES string of the molecule is O=S(=O)(OOS(=O)(=O)c1cccc2ccccc12)c1ccccc1. The maximum atomic E-state index is 12.3. The molecule has 0 spiro atoms. The summed E-state index contributed by atoms with van der Waals surface area (Å²) in [5, 5.41) is 1.08. The Morgan fingerprint density at radius 2 is 1.17 bits per heavy atom. The normalized spacial score (nSPS) is 12.3. The molecule has 3 aromatic rings. The lowest BCUT2D eigenvalue weighted by Crippen LogP contribution is -2.13. The van der Waals surface area contributed by atoms with E-state index >= 15 is 0 Å². The molecule has 0 radical (unpaired) electrons. The van der Waals surface area contributed by atoms with Crippen molar-refractivity contribution in [3.05, 3.63) is 72.8 Å². The zero-order valence-electron chi connectivity index (χ0n) is 12.2. The minimum Gasteiger partial charge on any atom is -0.192 e. The molecule has 0 saturated heterocycles. The van der Waals surface area contributed by atoms with E-state index in [1.807, 2.05) is 0 Å². The van der Waals surface area contributed by atoms with Crippen molar-refractivity contribution in [1.29, 1.82) is 0 Å². The van der Waals surface area contributed by atoms with Crippen LogP contribution in [0.3, 0.4) is 0 Å². The second kappa shape index (κ2) is 6.33. The van der Waals surface area contributed by atoms with Crippen LogP contribution in [0.2, 0.25) is 0 Å². The van der Waals surface area contributed by atoms with E-state index in [0.717, 1.165) is 0 Å². The molecule has 24 heavy (non-hydrogen) atoms. The Hall–Kier alpha value is -2.26. The highest BCUT2D eigenvalue weighted by Crippen LogP contribution is 2.25. The standard InChI is InChI=1S/C16H12O6S2/c17-23(18,14-9-2-1-3-10-14)21-22-24(19,20)16-12-6-8-13-7-4-5-11-15(13)16/h1-12H. The summed E-state index contributed by atoms with van der Waals surface area (Å²) in [6.07, 6.45) is 0. The molecule has 0 unspecified atom stereocenters. The highest BCUT2D eigenvalue weighted by molar-refractivity contribution is 7.89. The maximum Gasteiger partial charge on any atom is 0.324 e. The van der Waals surface area contributed by atoms with Gasteiger partial charge in [0.05, 0.1) is 4.90 Å². The van der Waals surface area contributed by atoms with E-state index < -0.39 is 20.2 Å². The van der Waals surface area contributed by atoms with Crippen molar-refractivity contribution in [2.24, 2.45) is 0 Å². The predicted molar refractivity (Wildman–Crippen MR) is 86.9 cm³/mol. The first-order valence-electron chi connectivity index (χ1n) is 6.81. The second-order valence-electron chi connectivity index (χ2n) is 4.83. The third-order valence-corrected chi connectivity index (χ3v) is 5.58. The Morgan fingerprint density at radius 3 is 1.92 bits per heavy atom. The highest BCUT2D eigenvalue weighted by Gasteiger charge is 2.25. The van der Waals surface area contributed by atoms with E-state index in [0.29, 0.717) is 10.8 Å². The number of benzene rings is 3. The van der Waals surface area contributed by atoms with Crippen molar-refractivity contribution >= 4 is 31.0 Å². The van der Waals surface area contributed by atoms with Gasteiger partial charge in [0, 0.05) is 5.39 Å². The van der Waals surface area contributed by atoms with Crippen molar-refractivity contribution in [3.8, 4) is 0 Å². The molecule has 0 N–H and O–H groups in total. The number of hydrogen-bond donors (Lipinski definition) is 0. The summed E-state index contributed by atoms with van der Waals surface area (Å²) in [7, 11) is -8.79. The van der Waals surface area contributed by atoms with Crippen LogP contribution in [0.15, 0.2) is 82.6 Å². The minimum atomic E-state index is -4.43. The number of rotatable bonds is 5. The summed E-state index contributed by atoms with van der Waals surface area (Å²) < 4.78 is 57.1. The Bertz CT molecular complexity index is 1070. The van der Waals surface area contributed by atoms with Gasteiger partial charge < -0.3 is 0 Å². The van der Waals surface area contributed by atoms with Crippen LogP contribution in [0.4, 0.5) is 0 Å². The quantitative estimate of drug-likeness (QED) is 0.511. The molecule has 0 aliphatic carbocycles. The molecular weight excluding hydrogens is 352 g/mol. The lowest BCUT2D eigenvalue weighted by atomic mass is 10.1. The monoisotopic (exact) mass is 364 g/mol. The summed E-state index contributed by atoms with van der Waals surface area (Å²) in [5.41, 5.74) is 0. The van der Waals surface area contributed by atoms with Gasteiger partial charge in [-0.3, -0.25) is 0 Å². The van der Waals surface area contributed by atoms with Crippen molar-refractivity contribution in [3.63, 3.8) is 0 Å². The van der Waals surface area contributed by atoms with E-state index in [1.165, 1.54) is 36.4 Å². The first-order valence-corrected chi connectivity index (χ1v) is 9.62. The predicted octanol–water partition coefficient (Wildman–Crippen LogP) is 2.87. The molecule has 6 nitrogen and oxygen atoms in total. The topological polar surface area (TPSA) is 86.7 Å². The summed E-state index contributed by atoms with van der Waals surface area (Å²) in [4.78, 5) is -0.387. The van der Waals surface area contributed by atoms with Crippen LogP contribution in [-0.4, -0.2) is 16.8 Å². The summed E-state index contributed by atoms with van der Waals surface area (Å²) in [6, 6.07) is 18.5. The van der Waals surface area contributed by atoms with E-state index in [2.05, 4.69) is 8.67 Å². The zero-order valence-corrected chi connectivity index (χ0v) is 13.8. The molecule has 3 rings (SSSR count). The van der Waals surface area contributed by atoms with E-state index in [-0.39, 0.29) is 9.79 Å². The third-order valence-electron chi connectivity index (χ3n) is 3.26. The first kappa shape index (κ1) is 16.6. The fourth-order valence-electron chi connectivity index (χ4n) is 2.15. The van der Waals surface area contributed by atoms with Crippen LogP contribution < -0.4 is 0 Å². The Labute approximate surface area is 139 Å². The molecule has 0 amide bonds. The van der Waals surface area contributed by atoms with Crippen LogP contribution in [-0.2, 0) is 28.9 Å². The molecule has 0 aliphatic rings. The van der Waals surface area contributed by atoms with Crippen LogP contribution in [0, 0.1) is 0 Å². The largest absolute Gasteiger partial charge is 0.324 e. The van der Waals surface area contributed by atoms with E-state index in [9.17, 15) is 16.8 Å². The fourth-order valence-corrected chi connectivity index (χ4v) is 4.08. The smallest absolute Gasteiger partial charge is 0.192 e. The average Bonchev–Trinajstić information content (AvgIpc) is 2.60. The summed E-state index contributed by atoms with van der Waals surface area (Å²) in [5.74, 6) is 0. The van der Waals surface area contributed by atoms with Crippen LogP contribution >= 0.6 is 0 Å². The molecule has 0 aliphatic heterocycles. The minimum absolute atomic E-state index is 0.177. The van der Waals surface area contributed by atoms with Gasteiger partial charge in [-0.15, -0.1) is 0 Å². The Balaban J connectivity index is 1.92. The Morgan fingerprint density at radius 1 is 0.583 bits per heavy atom. The Kier molecular flexibility index (Phi) is 4.37. The molecule has 0 saturated carbocycles. The molecule has 0 heterocycles. The zero-order chi connectivity index (χ0) is 17.2. The molecular formula is C16H12O6S2.